The van der Waals surface area contributed by atoms with Crippen LogP contribution >= 0.6 is 34.8 Å². The van der Waals surface area contributed by atoms with Crippen LogP contribution in [0.4, 0.5) is 26.3 Å². The van der Waals surface area contributed by atoms with E-state index in [1.807, 2.05) is 76.2 Å². The van der Waals surface area contributed by atoms with Crippen LogP contribution in [0.2, 0.25) is 15.1 Å². The van der Waals surface area contributed by atoms with Crippen molar-refractivity contribution in [2.24, 2.45) is 34.0 Å². The van der Waals surface area contributed by atoms with Gasteiger partial charge in [-0.25, -0.2) is 26.3 Å². The quantitative estimate of drug-likeness (QED) is 0.0607. The highest BCUT2D eigenvalue weighted by atomic mass is 35.5. The van der Waals surface area contributed by atoms with E-state index in [-0.39, 0.29) is 97.8 Å². The van der Waals surface area contributed by atoms with Crippen LogP contribution in [0.5, 0.6) is 17.2 Å². The summed E-state index contributed by atoms with van der Waals surface area (Å²) in [6.07, 6.45) is 7.82. The van der Waals surface area contributed by atoms with Crippen molar-refractivity contribution < 1.29 is 82.3 Å². The summed E-state index contributed by atoms with van der Waals surface area (Å²) >= 11 is 18.2. The highest BCUT2D eigenvalue weighted by Crippen LogP contribution is 2.62. The van der Waals surface area contributed by atoms with Crippen LogP contribution in [-0.2, 0) is 63.3 Å². The Bertz CT molecular complexity index is 3800. The molecule has 2 saturated carbocycles. The summed E-state index contributed by atoms with van der Waals surface area (Å²) in [5, 5.41) is 22.2. The SMILES string of the molecule is CC1(C)OCC(CCCOS(C)(=O)=O)([C@@H]2COc3c(F)ccc(F)c3[C@H]2Cc2ccc(Cl)cc2)CO1.CC1(C)OCC2(CCC[C@@]3(Cc4ccc(Cl)cc4)c4c(F)ccc(F)c4OC[C@@H]23)CO1.OCC1(CO)CCC[C@@]2(Cc3ccc(Cl)cc3)c3c(F)ccc(F)c3OC[C@@H]12. The molecule has 13 rings (SSSR count). The second-order valence-corrected chi connectivity index (χ2v) is 30.9. The fourth-order valence-corrected chi connectivity index (χ4v) is 17.2. The van der Waals surface area contributed by atoms with E-state index >= 15 is 13.2 Å². The van der Waals surface area contributed by atoms with Crippen LogP contribution < -0.4 is 14.2 Å². The van der Waals surface area contributed by atoms with Gasteiger partial charge in [0.15, 0.2) is 46.3 Å². The number of rotatable bonds is 14. The molecule has 4 fully saturated rings. The molecule has 5 heterocycles. The van der Waals surface area contributed by atoms with Gasteiger partial charge in [0.25, 0.3) is 10.1 Å². The van der Waals surface area contributed by atoms with Crippen molar-refractivity contribution in [3.8, 4) is 17.2 Å². The van der Waals surface area contributed by atoms with Crippen LogP contribution in [0, 0.1) is 68.9 Å². The van der Waals surface area contributed by atoms with Crippen molar-refractivity contribution in [1.29, 1.82) is 0 Å². The predicted octanol–water partition coefficient (Wildman–Crippen LogP) is 15.8. The first-order chi connectivity index (χ1) is 45.1. The third-order valence-corrected chi connectivity index (χ3v) is 22.6. The van der Waals surface area contributed by atoms with E-state index < -0.39 is 84.2 Å². The lowest BCUT2D eigenvalue weighted by Crippen LogP contribution is -2.61. The fourth-order valence-electron chi connectivity index (χ4n) is 16.4. The van der Waals surface area contributed by atoms with Gasteiger partial charge in [0, 0.05) is 82.5 Å². The summed E-state index contributed by atoms with van der Waals surface area (Å²) in [4.78, 5) is 0. The molecule has 2 aliphatic carbocycles. The Morgan fingerprint density at radius 3 is 1.43 bits per heavy atom. The van der Waals surface area contributed by atoms with E-state index in [0.717, 1.165) is 72.5 Å². The minimum absolute atomic E-state index is 0.00101. The van der Waals surface area contributed by atoms with Gasteiger partial charge in [-0.15, -0.1) is 0 Å². The number of fused-ring (bicyclic) bond motifs is 8. The second-order valence-electron chi connectivity index (χ2n) is 27.9. The lowest BCUT2D eigenvalue weighted by atomic mass is 9.50. The van der Waals surface area contributed by atoms with Crippen LogP contribution in [0.3, 0.4) is 0 Å². The summed E-state index contributed by atoms with van der Waals surface area (Å²) in [5.74, 6) is -5.86. The van der Waals surface area contributed by atoms with Crippen molar-refractivity contribution in [2.45, 2.75) is 127 Å². The number of aliphatic hydroxyl groups is 2. The van der Waals surface area contributed by atoms with Crippen molar-refractivity contribution in [3.05, 3.63) is 193 Å². The van der Waals surface area contributed by atoms with Crippen molar-refractivity contribution in [3.63, 3.8) is 0 Å². The molecule has 2 saturated heterocycles. The Morgan fingerprint density at radius 1 is 0.516 bits per heavy atom. The van der Waals surface area contributed by atoms with Crippen LogP contribution in [0.1, 0.15) is 118 Å². The van der Waals surface area contributed by atoms with Gasteiger partial charge in [-0.1, -0.05) is 84.0 Å². The number of ether oxygens (including phenoxy) is 7. The maximum absolute atomic E-state index is 15.4. The van der Waals surface area contributed by atoms with Gasteiger partial charge >= 0.3 is 0 Å². The van der Waals surface area contributed by atoms with E-state index in [4.69, 9.17) is 72.1 Å². The molecule has 5 aliphatic heterocycles. The van der Waals surface area contributed by atoms with E-state index in [1.165, 1.54) is 6.07 Å². The van der Waals surface area contributed by atoms with Crippen LogP contribution in [0.15, 0.2) is 109 Å². The Morgan fingerprint density at radius 2 is 0.937 bits per heavy atom. The molecule has 1 spiro atoms. The first kappa shape index (κ1) is 71.1. The zero-order valence-corrected chi connectivity index (χ0v) is 56.9. The predicted molar refractivity (Wildman–Crippen MR) is 349 cm³/mol. The molecule has 6 atom stereocenters. The molecule has 12 nitrogen and oxygen atoms in total. The zero-order valence-electron chi connectivity index (χ0n) is 53.8. The number of benzene rings is 6. The number of aliphatic hydroxyl groups excluding tert-OH is 2. The van der Waals surface area contributed by atoms with Crippen LogP contribution in [-0.4, -0.2) is 103 Å². The largest absolute Gasteiger partial charge is 0.490 e. The first-order valence-corrected chi connectivity index (χ1v) is 35.2. The summed E-state index contributed by atoms with van der Waals surface area (Å²) < 4.78 is 159. The number of hydrogen-bond acceptors (Lipinski definition) is 12. The van der Waals surface area contributed by atoms with Gasteiger partial charge in [0.2, 0.25) is 0 Å². The zero-order chi connectivity index (χ0) is 67.9. The molecule has 0 aromatic heterocycles. The molecule has 0 unspecified atom stereocenters. The Hall–Kier alpha value is -5.16. The summed E-state index contributed by atoms with van der Waals surface area (Å²) in [6.45, 7) is 9.17. The number of halogens is 9. The molecule has 6 aromatic rings. The molecule has 514 valence electrons. The average Bonchev–Trinajstić information content (AvgIpc) is 0.708. The number of hydrogen-bond donors (Lipinski definition) is 2. The van der Waals surface area contributed by atoms with Gasteiger partial charge in [-0.3, -0.25) is 4.18 Å². The minimum Gasteiger partial charge on any atom is -0.490 e. The highest BCUT2D eigenvalue weighted by Gasteiger charge is 2.62. The summed E-state index contributed by atoms with van der Waals surface area (Å²) in [6, 6.07) is 29.0. The first-order valence-electron chi connectivity index (χ1n) is 32.3. The second kappa shape index (κ2) is 28.2. The monoisotopic (exact) mass is 1400 g/mol. The molecule has 0 amide bonds. The van der Waals surface area contributed by atoms with E-state index in [9.17, 15) is 31.8 Å². The van der Waals surface area contributed by atoms with E-state index in [2.05, 4.69) is 0 Å². The minimum atomic E-state index is -3.58. The Labute approximate surface area is 566 Å². The lowest BCUT2D eigenvalue weighted by Gasteiger charge is -2.59. The third-order valence-electron chi connectivity index (χ3n) is 21.3. The fraction of sp³-hybridized carbons (Fsp3) is 0.507. The topological polar surface area (TPSA) is 148 Å². The van der Waals surface area contributed by atoms with E-state index in [1.54, 1.807) is 24.3 Å². The van der Waals surface area contributed by atoms with Crippen molar-refractivity contribution in [2.75, 3.05) is 72.3 Å². The smallest absolute Gasteiger partial charge is 0.264 e. The van der Waals surface area contributed by atoms with Crippen molar-refractivity contribution >= 4 is 44.9 Å². The maximum Gasteiger partial charge on any atom is 0.264 e. The highest BCUT2D eigenvalue weighted by molar-refractivity contribution is 7.86. The molecular weight excluding hydrogens is 1320 g/mol. The lowest BCUT2D eigenvalue weighted by molar-refractivity contribution is -0.306. The summed E-state index contributed by atoms with van der Waals surface area (Å²) in [5.41, 5.74) is 0.530. The molecular formula is C73H81Cl3F6O12S. The average molecular weight is 1400 g/mol. The van der Waals surface area contributed by atoms with E-state index in [0.29, 0.717) is 91.8 Å². The molecule has 0 bridgehead atoms. The molecule has 6 aromatic carbocycles. The molecule has 22 heteroatoms. The normalized spacial score (nSPS) is 25.6. The maximum atomic E-state index is 15.4. The van der Waals surface area contributed by atoms with Gasteiger partial charge in [0.1, 0.15) is 17.5 Å². The molecule has 2 N–H and O–H groups in total. The van der Waals surface area contributed by atoms with Gasteiger partial charge in [-0.2, -0.15) is 8.42 Å². The molecule has 0 radical (unpaired) electrons. The molecule has 95 heavy (non-hydrogen) atoms. The van der Waals surface area contributed by atoms with Crippen molar-refractivity contribution in [1.82, 2.24) is 0 Å². The van der Waals surface area contributed by atoms with Gasteiger partial charge < -0.3 is 43.4 Å². The van der Waals surface area contributed by atoms with Gasteiger partial charge in [0.05, 0.1) is 72.3 Å². The Balaban J connectivity index is 0.000000146. The summed E-state index contributed by atoms with van der Waals surface area (Å²) in [7, 11) is -3.58. The van der Waals surface area contributed by atoms with Gasteiger partial charge in [-0.05, 0) is 175 Å². The van der Waals surface area contributed by atoms with Crippen LogP contribution in [0.25, 0.3) is 0 Å². The standard InChI is InChI=1S/C26H31ClF2O6S.C25H27ClF2O3.C22H23ClF2O3/c1-25(2)33-15-26(16-34-25,11-4-12-35-36(3,30)31)20-14-32-24-22(29)10-9-21(28)23(24)19(20)13-17-5-7-18(27)8-6-17;1-23(2)30-14-24(15-31-23)10-3-11-25(12-16-4-6-17(26)7-5-16)20(24)13-29-22-19(28)9-8-18(27)21(22)25;23-15-4-2-14(3-5-15)10-22-9-1-8-21(12-26,13-27)18(22)11-28-20-17(25)7-6-16(24)19(20)22/h5-10,19-20H,4,11-16H2,1-3H3;4-9,20H,3,10-15H2,1-2H3;2-7,18,26-27H,1,8-13H2/t19-,20+;20-,25-;18-,22-/m000/s1. The Kier molecular flexibility index (Phi) is 21.1. The molecule has 7 aliphatic rings. The third kappa shape index (κ3) is 14.7.